The molecule has 1 heterocycles. The molecule has 2 aromatic carbocycles. The van der Waals surface area contributed by atoms with E-state index in [0.29, 0.717) is 36.8 Å². The van der Waals surface area contributed by atoms with Crippen LogP contribution < -0.4 is 30.6 Å². The van der Waals surface area contributed by atoms with Gasteiger partial charge in [-0.15, -0.1) is 0 Å². The Bertz CT molecular complexity index is 1160. The molecule has 1 unspecified atom stereocenters. The number of nitrogens with two attached hydrogens (primary N) is 1. The standard InChI is InChI=1S/C28H37N5O4/c1-4-15-28(31-18-20-9-5-8-12-22(20)35-2)32-25(26(29)34)27(33-28)30-17-19-13-14-23(36-3)24(16-19)37-21-10-6-7-11-21/h5,8-9,12-14,16,21,31H,4,6-7,10-11,15,17-18H2,1-3H3,(H2,29,34)(H,30,33). The van der Waals surface area contributed by atoms with Gasteiger partial charge < -0.3 is 25.3 Å². The van der Waals surface area contributed by atoms with Gasteiger partial charge in [0.15, 0.2) is 28.8 Å². The van der Waals surface area contributed by atoms with Gasteiger partial charge in [0.05, 0.1) is 26.9 Å². The third-order valence-corrected chi connectivity index (χ3v) is 6.70. The SMILES string of the molecule is CCCC1(NCc2ccccc2OC)N=C(C(N)=O)C(=NCc2ccc(OC)c(OC3CCCC3)c2)N1. The van der Waals surface area contributed by atoms with Gasteiger partial charge in [0.1, 0.15) is 5.75 Å². The summed E-state index contributed by atoms with van der Waals surface area (Å²) in [6.07, 6.45) is 6.16. The summed E-state index contributed by atoms with van der Waals surface area (Å²) < 4.78 is 17.2. The van der Waals surface area contributed by atoms with Crippen molar-refractivity contribution in [1.29, 1.82) is 0 Å². The van der Waals surface area contributed by atoms with Crippen LogP contribution in [0, 0.1) is 0 Å². The Labute approximate surface area is 218 Å². The Balaban J connectivity index is 1.53. The summed E-state index contributed by atoms with van der Waals surface area (Å²) in [6.45, 7) is 2.88. The maximum Gasteiger partial charge on any atom is 0.270 e. The predicted molar refractivity (Wildman–Crippen MR) is 144 cm³/mol. The zero-order valence-electron chi connectivity index (χ0n) is 21.9. The molecule has 0 radical (unpaired) electrons. The molecule has 4 N–H and O–H groups in total. The number of ether oxygens (including phenoxy) is 3. The number of carbonyl (C=O) groups excluding carboxylic acids is 1. The van der Waals surface area contributed by atoms with Crippen LogP contribution >= 0.6 is 0 Å². The molecule has 4 rings (SSSR count). The summed E-state index contributed by atoms with van der Waals surface area (Å²) in [6, 6.07) is 13.6. The van der Waals surface area contributed by atoms with Gasteiger partial charge in [-0.3, -0.25) is 15.1 Å². The number of primary amides is 1. The van der Waals surface area contributed by atoms with Gasteiger partial charge in [0, 0.05) is 18.5 Å². The lowest BCUT2D eigenvalue weighted by atomic mass is 10.1. The zero-order chi connectivity index (χ0) is 26.3. The highest BCUT2D eigenvalue weighted by molar-refractivity contribution is 6.67. The predicted octanol–water partition coefficient (Wildman–Crippen LogP) is 3.70. The van der Waals surface area contributed by atoms with Crippen LogP contribution in [0.2, 0.25) is 0 Å². The molecule has 9 nitrogen and oxygen atoms in total. The largest absolute Gasteiger partial charge is 0.496 e. The molecule has 0 spiro atoms. The van der Waals surface area contributed by atoms with Crippen molar-refractivity contribution < 1.29 is 19.0 Å². The van der Waals surface area contributed by atoms with Gasteiger partial charge in [-0.2, -0.15) is 0 Å². The van der Waals surface area contributed by atoms with Gasteiger partial charge in [-0.1, -0.05) is 37.6 Å². The molecule has 1 amide bonds. The lowest BCUT2D eigenvalue weighted by Crippen LogP contribution is -2.54. The first kappa shape index (κ1) is 26.5. The van der Waals surface area contributed by atoms with E-state index in [1.54, 1.807) is 14.2 Å². The fraction of sp³-hybridized carbons (Fsp3) is 0.464. The minimum atomic E-state index is -0.893. The highest BCUT2D eigenvalue weighted by Gasteiger charge is 2.39. The summed E-state index contributed by atoms with van der Waals surface area (Å²) in [7, 11) is 3.28. The van der Waals surface area contributed by atoms with Crippen LogP contribution in [0.3, 0.4) is 0 Å². The first-order valence-electron chi connectivity index (χ1n) is 12.9. The van der Waals surface area contributed by atoms with E-state index in [1.165, 1.54) is 12.8 Å². The average molecular weight is 508 g/mol. The van der Waals surface area contributed by atoms with Gasteiger partial charge in [-0.05, 0) is 49.4 Å². The molecular formula is C28H37N5O4. The number of aliphatic imine (C=N–C) groups is 2. The summed E-state index contributed by atoms with van der Waals surface area (Å²) in [5.74, 6) is 1.06. The first-order chi connectivity index (χ1) is 18.0. The van der Waals surface area contributed by atoms with Gasteiger partial charge in [-0.25, -0.2) is 4.99 Å². The van der Waals surface area contributed by atoms with Crippen LogP contribution in [0.1, 0.15) is 56.6 Å². The topological polar surface area (TPSA) is 120 Å². The zero-order valence-corrected chi connectivity index (χ0v) is 21.9. The second kappa shape index (κ2) is 12.1. The van der Waals surface area contributed by atoms with E-state index in [1.807, 2.05) is 42.5 Å². The molecule has 37 heavy (non-hydrogen) atoms. The molecule has 9 heteroatoms. The van der Waals surface area contributed by atoms with Crippen molar-refractivity contribution in [3.63, 3.8) is 0 Å². The second-order valence-corrected chi connectivity index (χ2v) is 9.40. The Morgan fingerprint density at radius 1 is 1.14 bits per heavy atom. The van der Waals surface area contributed by atoms with E-state index in [2.05, 4.69) is 17.6 Å². The lowest BCUT2D eigenvalue weighted by molar-refractivity contribution is -0.111. The van der Waals surface area contributed by atoms with Crippen molar-refractivity contribution >= 4 is 17.5 Å². The minimum absolute atomic E-state index is 0.136. The number of rotatable bonds is 12. The Hall–Kier alpha value is -3.59. The average Bonchev–Trinajstić information content (AvgIpc) is 3.55. The lowest BCUT2D eigenvalue weighted by Gasteiger charge is -2.28. The van der Waals surface area contributed by atoms with Crippen molar-refractivity contribution in [3.8, 4) is 17.2 Å². The van der Waals surface area contributed by atoms with Crippen molar-refractivity contribution in [2.75, 3.05) is 14.2 Å². The third-order valence-electron chi connectivity index (χ3n) is 6.70. The van der Waals surface area contributed by atoms with Crippen LogP contribution in [0.15, 0.2) is 52.4 Å². The van der Waals surface area contributed by atoms with Gasteiger partial charge >= 0.3 is 0 Å². The number of hydrogen-bond donors (Lipinski definition) is 3. The maximum absolute atomic E-state index is 12.3. The molecular weight excluding hydrogens is 470 g/mol. The number of nitrogens with one attached hydrogen (secondary N) is 2. The highest BCUT2D eigenvalue weighted by atomic mass is 16.5. The summed E-state index contributed by atoms with van der Waals surface area (Å²) in [5.41, 5.74) is 7.76. The molecule has 1 saturated carbocycles. The number of nitrogens with zero attached hydrogens (tertiary/aromatic N) is 2. The van der Waals surface area contributed by atoms with E-state index in [4.69, 9.17) is 29.9 Å². The number of para-hydroxylation sites is 1. The number of methoxy groups -OCH3 is 2. The maximum atomic E-state index is 12.3. The van der Waals surface area contributed by atoms with Crippen LogP contribution in [0.4, 0.5) is 0 Å². The number of benzene rings is 2. The molecule has 2 aliphatic rings. The molecule has 1 aliphatic carbocycles. The fourth-order valence-corrected chi connectivity index (χ4v) is 4.82. The number of carbonyl (C=O) groups is 1. The molecule has 1 aliphatic heterocycles. The normalized spacial score (nSPS) is 20.5. The van der Waals surface area contributed by atoms with E-state index >= 15 is 0 Å². The molecule has 1 fully saturated rings. The van der Waals surface area contributed by atoms with Crippen molar-refractivity contribution in [3.05, 3.63) is 53.6 Å². The molecule has 0 saturated heterocycles. The Morgan fingerprint density at radius 3 is 2.59 bits per heavy atom. The number of amides is 1. The smallest absolute Gasteiger partial charge is 0.270 e. The van der Waals surface area contributed by atoms with Crippen LogP contribution in [-0.2, 0) is 17.9 Å². The molecule has 2 aromatic rings. The Morgan fingerprint density at radius 2 is 1.89 bits per heavy atom. The van der Waals surface area contributed by atoms with Crippen molar-refractivity contribution in [2.24, 2.45) is 15.7 Å². The minimum Gasteiger partial charge on any atom is -0.496 e. The Kier molecular flexibility index (Phi) is 8.66. The molecule has 0 aromatic heterocycles. The van der Waals surface area contributed by atoms with Crippen LogP contribution in [-0.4, -0.2) is 43.6 Å². The summed E-state index contributed by atoms with van der Waals surface area (Å²) >= 11 is 0. The van der Waals surface area contributed by atoms with Gasteiger partial charge in [0.2, 0.25) is 0 Å². The first-order valence-corrected chi connectivity index (χ1v) is 12.9. The van der Waals surface area contributed by atoms with Crippen LogP contribution in [0.25, 0.3) is 0 Å². The van der Waals surface area contributed by atoms with E-state index < -0.39 is 11.7 Å². The van der Waals surface area contributed by atoms with E-state index in [-0.39, 0.29) is 11.8 Å². The molecule has 1 atom stereocenters. The highest BCUT2D eigenvalue weighted by Crippen LogP contribution is 2.33. The molecule has 198 valence electrons. The second-order valence-electron chi connectivity index (χ2n) is 9.40. The summed E-state index contributed by atoms with van der Waals surface area (Å²) in [5, 5.41) is 6.81. The van der Waals surface area contributed by atoms with E-state index in [0.717, 1.165) is 36.1 Å². The van der Waals surface area contributed by atoms with Crippen LogP contribution in [0.5, 0.6) is 17.2 Å². The van der Waals surface area contributed by atoms with Gasteiger partial charge in [0.25, 0.3) is 5.91 Å². The van der Waals surface area contributed by atoms with Crippen molar-refractivity contribution in [1.82, 2.24) is 10.6 Å². The van der Waals surface area contributed by atoms with E-state index in [9.17, 15) is 4.79 Å². The fourth-order valence-electron chi connectivity index (χ4n) is 4.82. The quantitative estimate of drug-likeness (QED) is 0.403. The monoisotopic (exact) mass is 507 g/mol. The molecule has 0 bridgehead atoms. The number of amidine groups is 1. The summed E-state index contributed by atoms with van der Waals surface area (Å²) in [4.78, 5) is 21.7. The van der Waals surface area contributed by atoms with Crippen molar-refractivity contribution in [2.45, 2.75) is 70.4 Å². The number of hydrogen-bond acceptors (Lipinski definition) is 7. The third kappa shape index (κ3) is 6.40.